The fourth-order valence-electron chi connectivity index (χ4n) is 1.50. The van der Waals surface area contributed by atoms with Crippen LogP contribution in [-0.4, -0.2) is 11.0 Å². The number of thioether (sulfide) groups is 1. The molecule has 0 aliphatic rings. The van der Waals surface area contributed by atoms with Gasteiger partial charge in [-0.25, -0.2) is 0 Å². The summed E-state index contributed by atoms with van der Waals surface area (Å²) in [6, 6.07) is 6.45. The number of ketones is 1. The van der Waals surface area contributed by atoms with Crippen molar-refractivity contribution >= 4 is 17.5 Å². The van der Waals surface area contributed by atoms with Crippen molar-refractivity contribution in [2.45, 2.75) is 44.3 Å². The highest BCUT2D eigenvalue weighted by molar-refractivity contribution is 8.00. The zero-order valence-electron chi connectivity index (χ0n) is 9.83. The first-order valence-electron chi connectivity index (χ1n) is 5.22. The van der Waals surface area contributed by atoms with Crippen LogP contribution in [0.25, 0.3) is 0 Å². The van der Waals surface area contributed by atoms with Crippen LogP contribution in [0.4, 0.5) is 0 Å². The molecule has 0 saturated carbocycles. The van der Waals surface area contributed by atoms with E-state index in [-0.39, 0.29) is 5.78 Å². The Morgan fingerprint density at radius 3 is 2.67 bits per heavy atom. The standard InChI is InChI=1S/C13H18OS/c1-9-5-6-10(2)13(7-9)15-12(4)8-11(3)14/h5-7,12H,8H2,1-4H3. The van der Waals surface area contributed by atoms with Gasteiger partial charge in [-0.3, -0.25) is 4.79 Å². The monoisotopic (exact) mass is 222 g/mol. The zero-order chi connectivity index (χ0) is 11.4. The molecule has 15 heavy (non-hydrogen) atoms. The number of rotatable bonds is 4. The van der Waals surface area contributed by atoms with Crippen LogP contribution in [0.5, 0.6) is 0 Å². The van der Waals surface area contributed by atoms with Gasteiger partial charge in [-0.2, -0.15) is 0 Å². The van der Waals surface area contributed by atoms with Gasteiger partial charge in [0.2, 0.25) is 0 Å². The van der Waals surface area contributed by atoms with Crippen LogP contribution in [0.3, 0.4) is 0 Å². The van der Waals surface area contributed by atoms with Gasteiger partial charge in [0.05, 0.1) is 0 Å². The van der Waals surface area contributed by atoms with E-state index in [9.17, 15) is 4.79 Å². The molecule has 0 aliphatic heterocycles. The van der Waals surface area contributed by atoms with Gasteiger partial charge in [0.15, 0.2) is 0 Å². The van der Waals surface area contributed by atoms with Crippen LogP contribution in [-0.2, 0) is 4.79 Å². The Kier molecular flexibility index (Phi) is 4.40. The summed E-state index contributed by atoms with van der Waals surface area (Å²) in [7, 11) is 0. The van der Waals surface area contributed by atoms with Crippen molar-refractivity contribution < 1.29 is 4.79 Å². The van der Waals surface area contributed by atoms with Crippen LogP contribution >= 0.6 is 11.8 Å². The molecule has 0 heterocycles. The summed E-state index contributed by atoms with van der Waals surface area (Å²) in [6.45, 7) is 7.97. The van der Waals surface area contributed by atoms with Crippen LogP contribution < -0.4 is 0 Å². The van der Waals surface area contributed by atoms with E-state index in [2.05, 4.69) is 39.0 Å². The van der Waals surface area contributed by atoms with Gasteiger partial charge in [-0.05, 0) is 32.4 Å². The van der Waals surface area contributed by atoms with Crippen molar-refractivity contribution in [1.82, 2.24) is 0 Å². The molecule has 1 rings (SSSR count). The number of hydrogen-bond acceptors (Lipinski definition) is 2. The topological polar surface area (TPSA) is 17.1 Å². The summed E-state index contributed by atoms with van der Waals surface area (Å²) in [4.78, 5) is 12.3. The second-order valence-electron chi connectivity index (χ2n) is 4.10. The maximum atomic E-state index is 11.0. The first-order chi connectivity index (χ1) is 6.99. The van der Waals surface area contributed by atoms with Gasteiger partial charge in [-0.15, -0.1) is 11.8 Å². The van der Waals surface area contributed by atoms with Crippen molar-refractivity contribution in [3.63, 3.8) is 0 Å². The second kappa shape index (κ2) is 5.36. The molecule has 0 radical (unpaired) electrons. The Hall–Kier alpha value is -0.760. The summed E-state index contributed by atoms with van der Waals surface area (Å²) in [6.07, 6.45) is 0.651. The average Bonchev–Trinajstić information content (AvgIpc) is 2.10. The highest BCUT2D eigenvalue weighted by Gasteiger charge is 2.08. The van der Waals surface area contributed by atoms with Gasteiger partial charge >= 0.3 is 0 Å². The number of carbonyl (C=O) groups is 1. The maximum absolute atomic E-state index is 11.0. The molecule has 1 nitrogen and oxygen atoms in total. The van der Waals surface area contributed by atoms with Crippen molar-refractivity contribution in [3.8, 4) is 0 Å². The largest absolute Gasteiger partial charge is 0.300 e. The number of carbonyl (C=O) groups excluding carboxylic acids is 1. The van der Waals surface area contributed by atoms with Crippen molar-refractivity contribution in [1.29, 1.82) is 0 Å². The highest BCUT2D eigenvalue weighted by Crippen LogP contribution is 2.28. The predicted octanol–water partition coefficient (Wildman–Crippen LogP) is 3.76. The number of hydrogen-bond donors (Lipinski definition) is 0. The third kappa shape index (κ3) is 4.08. The minimum atomic E-state index is 0.264. The van der Waals surface area contributed by atoms with Crippen LogP contribution in [0.1, 0.15) is 31.4 Å². The first-order valence-corrected chi connectivity index (χ1v) is 6.10. The molecular formula is C13H18OS. The molecule has 0 aromatic heterocycles. The van der Waals surface area contributed by atoms with Crippen molar-refractivity contribution in [2.75, 3.05) is 0 Å². The summed E-state index contributed by atoms with van der Waals surface area (Å²) >= 11 is 1.79. The zero-order valence-corrected chi connectivity index (χ0v) is 10.6. The quantitative estimate of drug-likeness (QED) is 0.721. The Balaban J connectivity index is 2.71. The summed E-state index contributed by atoms with van der Waals surface area (Å²) < 4.78 is 0. The number of aryl methyl sites for hydroxylation is 2. The lowest BCUT2D eigenvalue weighted by Gasteiger charge is -2.12. The molecule has 0 amide bonds. The molecule has 1 atom stereocenters. The number of benzene rings is 1. The molecule has 1 aromatic carbocycles. The summed E-state index contributed by atoms with van der Waals surface area (Å²) in [5.41, 5.74) is 2.57. The average molecular weight is 222 g/mol. The minimum Gasteiger partial charge on any atom is -0.300 e. The van der Waals surface area contributed by atoms with Gasteiger partial charge in [0, 0.05) is 16.6 Å². The molecule has 0 aliphatic carbocycles. The molecule has 0 fully saturated rings. The van der Waals surface area contributed by atoms with E-state index >= 15 is 0 Å². The maximum Gasteiger partial charge on any atom is 0.130 e. The molecule has 0 bridgehead atoms. The lowest BCUT2D eigenvalue weighted by Crippen LogP contribution is -2.03. The van der Waals surface area contributed by atoms with Gasteiger partial charge in [-0.1, -0.05) is 24.6 Å². The van der Waals surface area contributed by atoms with E-state index in [1.54, 1.807) is 18.7 Å². The highest BCUT2D eigenvalue weighted by atomic mass is 32.2. The molecule has 0 spiro atoms. The van der Waals surface area contributed by atoms with E-state index in [0.717, 1.165) is 0 Å². The van der Waals surface area contributed by atoms with E-state index < -0.39 is 0 Å². The van der Waals surface area contributed by atoms with Crippen molar-refractivity contribution in [3.05, 3.63) is 29.3 Å². The van der Waals surface area contributed by atoms with E-state index in [0.29, 0.717) is 11.7 Å². The normalized spacial score (nSPS) is 12.5. The van der Waals surface area contributed by atoms with Crippen LogP contribution in [0.2, 0.25) is 0 Å². The Morgan fingerprint density at radius 1 is 1.40 bits per heavy atom. The predicted molar refractivity (Wildman–Crippen MR) is 66.5 cm³/mol. The summed E-state index contributed by atoms with van der Waals surface area (Å²) in [5, 5.41) is 0.364. The van der Waals surface area contributed by atoms with Gasteiger partial charge in [0.1, 0.15) is 5.78 Å². The minimum absolute atomic E-state index is 0.264. The molecule has 1 unspecified atom stereocenters. The first kappa shape index (κ1) is 12.3. The van der Waals surface area contributed by atoms with E-state index in [1.807, 2.05) is 0 Å². The lowest BCUT2D eigenvalue weighted by atomic mass is 10.2. The lowest BCUT2D eigenvalue weighted by molar-refractivity contribution is -0.116. The third-order valence-electron chi connectivity index (χ3n) is 2.25. The SMILES string of the molecule is CC(=O)CC(C)Sc1cc(C)ccc1C. The van der Waals surface area contributed by atoms with Crippen molar-refractivity contribution in [2.24, 2.45) is 0 Å². The van der Waals surface area contributed by atoms with Crippen LogP contribution in [0, 0.1) is 13.8 Å². The fourth-order valence-corrected chi connectivity index (χ4v) is 2.76. The molecule has 0 saturated heterocycles. The van der Waals surface area contributed by atoms with E-state index in [1.165, 1.54) is 16.0 Å². The Morgan fingerprint density at radius 2 is 2.07 bits per heavy atom. The number of Topliss-reactive ketones (excluding diaryl/α,β-unsaturated/α-hetero) is 1. The van der Waals surface area contributed by atoms with Gasteiger partial charge < -0.3 is 0 Å². The smallest absolute Gasteiger partial charge is 0.130 e. The third-order valence-corrected chi connectivity index (χ3v) is 3.51. The van der Waals surface area contributed by atoms with Gasteiger partial charge in [0.25, 0.3) is 0 Å². The fraction of sp³-hybridized carbons (Fsp3) is 0.462. The Bertz CT molecular complexity index is 358. The molecular weight excluding hydrogens is 204 g/mol. The molecule has 1 aromatic rings. The Labute approximate surface area is 96.3 Å². The molecule has 0 N–H and O–H groups in total. The van der Waals surface area contributed by atoms with E-state index in [4.69, 9.17) is 0 Å². The second-order valence-corrected chi connectivity index (χ2v) is 5.58. The molecule has 82 valence electrons. The van der Waals surface area contributed by atoms with Crippen LogP contribution in [0.15, 0.2) is 23.1 Å². The molecule has 2 heteroatoms. The summed E-state index contributed by atoms with van der Waals surface area (Å²) in [5.74, 6) is 0.264.